The molecule has 0 unspecified atom stereocenters. The average molecular weight is 254 g/mol. The van der Waals surface area contributed by atoms with E-state index in [1.165, 1.54) is 12.1 Å². The van der Waals surface area contributed by atoms with Gasteiger partial charge >= 0.3 is 0 Å². The summed E-state index contributed by atoms with van der Waals surface area (Å²) in [6, 6.07) is 2.93. The smallest absolute Gasteiger partial charge is 0.195 e. The zero-order chi connectivity index (χ0) is 12.0. The molecule has 5 heteroatoms. The highest BCUT2D eigenvalue weighted by atomic mass is 35.5. The number of rotatable bonds is 0. The minimum atomic E-state index is -0.574. The molecule has 0 saturated carbocycles. The third-order valence-corrected chi connectivity index (χ3v) is 3.29. The van der Waals surface area contributed by atoms with Crippen LogP contribution in [0.4, 0.5) is 4.39 Å². The van der Waals surface area contributed by atoms with E-state index in [4.69, 9.17) is 16.3 Å². The molecule has 17 heavy (non-hydrogen) atoms. The first-order valence-corrected chi connectivity index (χ1v) is 5.66. The molecule has 3 rings (SSSR count). The standard InChI is InChI=1S/C12H9ClFNO2/c13-8-2-1-6-11(10(8)14)15-9-3-4-17-5-7(9)12(6)16/h1-2H,3-5H2,(H,15,16). The van der Waals surface area contributed by atoms with Gasteiger partial charge in [-0.2, -0.15) is 0 Å². The molecule has 88 valence electrons. The highest BCUT2D eigenvalue weighted by molar-refractivity contribution is 6.31. The summed E-state index contributed by atoms with van der Waals surface area (Å²) in [5, 5.41) is 0.330. The van der Waals surface area contributed by atoms with Crippen LogP contribution in [0.1, 0.15) is 11.3 Å². The number of hydrogen-bond acceptors (Lipinski definition) is 2. The molecule has 3 nitrogen and oxygen atoms in total. The fraction of sp³-hybridized carbons (Fsp3) is 0.250. The molecule has 0 bridgehead atoms. The van der Waals surface area contributed by atoms with E-state index in [2.05, 4.69) is 4.98 Å². The largest absolute Gasteiger partial charge is 0.376 e. The molecule has 1 aliphatic heterocycles. The number of nitrogens with one attached hydrogen (secondary N) is 1. The number of H-pyrrole nitrogens is 1. The zero-order valence-corrected chi connectivity index (χ0v) is 9.60. The maximum Gasteiger partial charge on any atom is 0.195 e. The lowest BCUT2D eigenvalue weighted by atomic mass is 10.1. The monoisotopic (exact) mass is 253 g/mol. The predicted octanol–water partition coefficient (Wildman–Crippen LogP) is 2.39. The van der Waals surface area contributed by atoms with Gasteiger partial charge in [0.15, 0.2) is 11.2 Å². The van der Waals surface area contributed by atoms with Gasteiger partial charge in [0.25, 0.3) is 0 Å². The first kappa shape index (κ1) is 10.7. The summed E-state index contributed by atoms with van der Waals surface area (Å²) in [5.41, 5.74) is 1.34. The van der Waals surface area contributed by atoms with Gasteiger partial charge in [-0.15, -0.1) is 0 Å². The third-order valence-electron chi connectivity index (χ3n) is 3.00. The Morgan fingerprint density at radius 3 is 3.06 bits per heavy atom. The normalized spacial score (nSPS) is 14.9. The Hall–Kier alpha value is -1.39. The maximum absolute atomic E-state index is 13.8. The van der Waals surface area contributed by atoms with E-state index in [1.807, 2.05) is 0 Å². The summed E-state index contributed by atoms with van der Waals surface area (Å²) in [6.07, 6.45) is 0.590. The lowest BCUT2D eigenvalue weighted by Crippen LogP contribution is -2.22. The van der Waals surface area contributed by atoms with Gasteiger partial charge < -0.3 is 9.72 Å². The lowest BCUT2D eigenvalue weighted by Gasteiger charge is -2.16. The van der Waals surface area contributed by atoms with Crippen LogP contribution in [0.15, 0.2) is 16.9 Å². The molecule has 1 aliphatic rings. The number of fused-ring (bicyclic) bond motifs is 2. The second-order valence-corrected chi connectivity index (χ2v) is 4.40. The second-order valence-electron chi connectivity index (χ2n) is 4.00. The van der Waals surface area contributed by atoms with Crippen molar-refractivity contribution in [3.63, 3.8) is 0 Å². The predicted molar refractivity (Wildman–Crippen MR) is 62.9 cm³/mol. The number of ether oxygens (including phenoxy) is 1. The third kappa shape index (κ3) is 1.56. The summed E-state index contributed by atoms with van der Waals surface area (Å²) in [4.78, 5) is 15.1. The minimum Gasteiger partial charge on any atom is -0.376 e. The van der Waals surface area contributed by atoms with Crippen LogP contribution in [0.3, 0.4) is 0 Å². The Labute approximate surface area is 101 Å². The van der Waals surface area contributed by atoms with Crippen molar-refractivity contribution in [1.29, 1.82) is 0 Å². The molecule has 0 atom stereocenters. The molecule has 0 saturated heterocycles. The highest BCUT2D eigenvalue weighted by Gasteiger charge is 2.18. The number of pyridine rings is 1. The van der Waals surface area contributed by atoms with Gasteiger partial charge in [-0.1, -0.05) is 11.6 Å². The van der Waals surface area contributed by atoms with Crippen molar-refractivity contribution in [2.24, 2.45) is 0 Å². The average Bonchev–Trinajstić information content (AvgIpc) is 2.35. The molecule has 0 radical (unpaired) electrons. The quantitative estimate of drug-likeness (QED) is 0.783. The van der Waals surface area contributed by atoms with Gasteiger partial charge in [0.1, 0.15) is 0 Å². The molecule has 0 amide bonds. The summed E-state index contributed by atoms with van der Waals surface area (Å²) >= 11 is 5.70. The number of benzene rings is 1. The fourth-order valence-corrected chi connectivity index (χ4v) is 2.26. The van der Waals surface area contributed by atoms with E-state index in [9.17, 15) is 9.18 Å². The molecular formula is C12H9ClFNO2. The summed E-state index contributed by atoms with van der Waals surface area (Å²) in [5.74, 6) is -0.574. The van der Waals surface area contributed by atoms with Gasteiger partial charge in [-0.05, 0) is 12.1 Å². The van der Waals surface area contributed by atoms with Gasteiger partial charge in [-0.25, -0.2) is 4.39 Å². The summed E-state index contributed by atoms with van der Waals surface area (Å²) < 4.78 is 19.1. The van der Waals surface area contributed by atoms with E-state index >= 15 is 0 Å². The van der Waals surface area contributed by atoms with Gasteiger partial charge in [0, 0.05) is 23.1 Å². The van der Waals surface area contributed by atoms with E-state index < -0.39 is 5.82 Å². The van der Waals surface area contributed by atoms with Gasteiger partial charge in [0.05, 0.1) is 23.8 Å². The van der Waals surface area contributed by atoms with Crippen molar-refractivity contribution in [2.45, 2.75) is 13.0 Å². The summed E-state index contributed by atoms with van der Waals surface area (Å²) in [7, 11) is 0. The lowest BCUT2D eigenvalue weighted by molar-refractivity contribution is 0.108. The maximum atomic E-state index is 13.8. The molecule has 2 aromatic rings. The Kier molecular flexibility index (Phi) is 2.42. The van der Waals surface area contributed by atoms with Crippen LogP contribution in [-0.4, -0.2) is 11.6 Å². The molecule has 1 aromatic carbocycles. The van der Waals surface area contributed by atoms with Crippen molar-refractivity contribution in [3.8, 4) is 0 Å². The SMILES string of the molecule is O=c1c2c([nH]c3c(F)c(Cl)ccc13)CCOC2. The Balaban J connectivity index is 2.44. The van der Waals surface area contributed by atoms with Crippen molar-refractivity contribution in [1.82, 2.24) is 4.98 Å². The van der Waals surface area contributed by atoms with Crippen LogP contribution in [0, 0.1) is 5.82 Å². The minimum absolute atomic E-state index is 0.0140. The van der Waals surface area contributed by atoms with E-state index in [0.717, 1.165) is 5.69 Å². The topological polar surface area (TPSA) is 42.1 Å². The van der Waals surface area contributed by atoms with Crippen molar-refractivity contribution >= 4 is 22.5 Å². The first-order chi connectivity index (χ1) is 8.18. The molecule has 0 spiro atoms. The van der Waals surface area contributed by atoms with Crippen LogP contribution in [0.2, 0.25) is 5.02 Å². The first-order valence-electron chi connectivity index (χ1n) is 5.28. The number of aromatic amines is 1. The zero-order valence-electron chi connectivity index (χ0n) is 8.85. The van der Waals surface area contributed by atoms with Crippen LogP contribution >= 0.6 is 11.6 Å². The molecule has 1 aromatic heterocycles. The van der Waals surface area contributed by atoms with Gasteiger partial charge in [0.2, 0.25) is 0 Å². The van der Waals surface area contributed by atoms with Gasteiger partial charge in [-0.3, -0.25) is 4.79 Å². The van der Waals surface area contributed by atoms with E-state index in [0.29, 0.717) is 24.0 Å². The summed E-state index contributed by atoms with van der Waals surface area (Å²) in [6.45, 7) is 0.821. The molecule has 0 aliphatic carbocycles. The number of halogens is 2. The molecule has 0 fully saturated rings. The number of hydrogen-bond donors (Lipinski definition) is 1. The van der Waals surface area contributed by atoms with Crippen molar-refractivity contribution in [2.75, 3.05) is 6.61 Å². The Morgan fingerprint density at radius 2 is 2.24 bits per heavy atom. The molecule has 1 N–H and O–H groups in total. The van der Waals surface area contributed by atoms with E-state index in [-0.39, 0.29) is 22.6 Å². The molecule has 2 heterocycles. The van der Waals surface area contributed by atoms with Crippen LogP contribution < -0.4 is 5.43 Å². The van der Waals surface area contributed by atoms with Crippen molar-refractivity contribution in [3.05, 3.63) is 44.5 Å². The van der Waals surface area contributed by atoms with Crippen molar-refractivity contribution < 1.29 is 9.13 Å². The van der Waals surface area contributed by atoms with Crippen LogP contribution in [0.5, 0.6) is 0 Å². The van der Waals surface area contributed by atoms with Crippen LogP contribution in [0.25, 0.3) is 10.9 Å². The number of aromatic nitrogens is 1. The molecular weight excluding hydrogens is 245 g/mol. The Morgan fingerprint density at radius 1 is 1.41 bits per heavy atom. The van der Waals surface area contributed by atoms with Crippen LogP contribution in [-0.2, 0) is 17.8 Å². The Bertz CT molecular complexity index is 666. The fourth-order valence-electron chi connectivity index (χ4n) is 2.10. The second kappa shape index (κ2) is 3.82. The van der Waals surface area contributed by atoms with E-state index in [1.54, 1.807) is 0 Å². The highest BCUT2D eigenvalue weighted by Crippen LogP contribution is 2.23.